The summed E-state index contributed by atoms with van der Waals surface area (Å²) < 4.78 is 2.24. The zero-order valence-corrected chi connectivity index (χ0v) is 14.4. The largest absolute Gasteiger partial charge is 0.306 e. The number of thioether (sulfide) groups is 1. The number of hydrogen-bond acceptors (Lipinski definition) is 4. The SMILES string of the molecule is CCn1c(SCc2ccc(Cl)c3cccnc23)nnc1C1CC1. The van der Waals surface area contributed by atoms with Gasteiger partial charge in [-0.25, -0.2) is 0 Å². The molecule has 1 saturated carbocycles. The van der Waals surface area contributed by atoms with Crippen LogP contribution in [0, 0.1) is 0 Å². The first-order valence-electron chi connectivity index (χ1n) is 7.86. The Balaban J connectivity index is 1.61. The van der Waals surface area contributed by atoms with Gasteiger partial charge in [0, 0.05) is 34.8 Å². The maximum atomic E-state index is 6.27. The second-order valence-electron chi connectivity index (χ2n) is 5.75. The Bertz CT molecular complexity index is 857. The van der Waals surface area contributed by atoms with Gasteiger partial charge in [0.15, 0.2) is 5.16 Å². The van der Waals surface area contributed by atoms with Crippen molar-refractivity contribution >= 4 is 34.3 Å². The lowest BCUT2D eigenvalue weighted by Gasteiger charge is -2.08. The summed E-state index contributed by atoms with van der Waals surface area (Å²) in [6.45, 7) is 3.07. The molecule has 23 heavy (non-hydrogen) atoms. The standard InChI is InChI=1S/C17H17ClN4S/c1-2-22-16(11-5-6-11)20-21-17(22)23-10-12-7-8-14(18)13-4-3-9-19-15(12)13/h3-4,7-9,11H,2,5-6,10H2,1H3. The van der Waals surface area contributed by atoms with Crippen LogP contribution in [0.25, 0.3) is 10.9 Å². The van der Waals surface area contributed by atoms with Gasteiger partial charge in [0.25, 0.3) is 0 Å². The highest BCUT2D eigenvalue weighted by Crippen LogP contribution is 2.40. The lowest BCUT2D eigenvalue weighted by molar-refractivity contribution is 0.643. The van der Waals surface area contributed by atoms with Crippen molar-refractivity contribution in [3.8, 4) is 0 Å². The molecule has 0 bridgehead atoms. The number of benzene rings is 1. The maximum Gasteiger partial charge on any atom is 0.191 e. The Morgan fingerprint density at radius 3 is 2.91 bits per heavy atom. The molecule has 0 radical (unpaired) electrons. The third-order valence-corrected chi connectivity index (χ3v) is 5.51. The number of pyridine rings is 1. The van der Waals surface area contributed by atoms with Gasteiger partial charge in [0.1, 0.15) is 5.82 Å². The molecule has 3 aromatic rings. The van der Waals surface area contributed by atoms with Gasteiger partial charge in [-0.15, -0.1) is 10.2 Å². The first kappa shape index (κ1) is 15.0. The van der Waals surface area contributed by atoms with Crippen molar-refractivity contribution in [3.05, 3.63) is 46.9 Å². The van der Waals surface area contributed by atoms with E-state index >= 15 is 0 Å². The van der Waals surface area contributed by atoms with Crippen molar-refractivity contribution in [2.45, 2.75) is 43.1 Å². The van der Waals surface area contributed by atoms with Gasteiger partial charge >= 0.3 is 0 Å². The lowest BCUT2D eigenvalue weighted by Crippen LogP contribution is -2.02. The molecule has 2 aromatic heterocycles. The maximum absolute atomic E-state index is 6.27. The molecule has 0 unspecified atom stereocenters. The van der Waals surface area contributed by atoms with Gasteiger partial charge in [0.2, 0.25) is 0 Å². The van der Waals surface area contributed by atoms with Crippen LogP contribution < -0.4 is 0 Å². The van der Waals surface area contributed by atoms with Crippen molar-refractivity contribution in [1.29, 1.82) is 0 Å². The fraction of sp³-hybridized carbons (Fsp3) is 0.353. The van der Waals surface area contributed by atoms with E-state index in [4.69, 9.17) is 11.6 Å². The summed E-state index contributed by atoms with van der Waals surface area (Å²) in [6, 6.07) is 7.93. The van der Waals surface area contributed by atoms with Gasteiger partial charge in [0.05, 0.1) is 5.52 Å². The highest BCUT2D eigenvalue weighted by atomic mass is 35.5. The Kier molecular flexibility index (Phi) is 3.99. The molecule has 6 heteroatoms. The molecule has 2 heterocycles. The minimum absolute atomic E-state index is 0.620. The summed E-state index contributed by atoms with van der Waals surface area (Å²) in [4.78, 5) is 4.50. The van der Waals surface area contributed by atoms with Crippen molar-refractivity contribution in [1.82, 2.24) is 19.7 Å². The minimum Gasteiger partial charge on any atom is -0.306 e. The highest BCUT2D eigenvalue weighted by Gasteiger charge is 2.29. The first-order valence-corrected chi connectivity index (χ1v) is 9.22. The number of rotatable bonds is 5. The predicted octanol–water partition coefficient (Wildman–Crippen LogP) is 4.67. The number of aromatic nitrogens is 4. The number of fused-ring (bicyclic) bond motifs is 1. The van der Waals surface area contributed by atoms with Gasteiger partial charge in [-0.05, 0) is 43.5 Å². The summed E-state index contributed by atoms with van der Waals surface area (Å²) >= 11 is 7.98. The van der Waals surface area contributed by atoms with Crippen molar-refractivity contribution in [2.75, 3.05) is 0 Å². The average molecular weight is 345 g/mol. The van der Waals surface area contributed by atoms with Crippen LogP contribution in [-0.4, -0.2) is 19.7 Å². The molecule has 1 aromatic carbocycles. The van der Waals surface area contributed by atoms with Crippen LogP contribution in [0.1, 0.15) is 37.1 Å². The average Bonchev–Trinajstić information content (AvgIpc) is 3.35. The first-order chi connectivity index (χ1) is 11.3. The topological polar surface area (TPSA) is 43.6 Å². The van der Waals surface area contributed by atoms with E-state index in [9.17, 15) is 0 Å². The van der Waals surface area contributed by atoms with E-state index in [1.54, 1.807) is 11.8 Å². The van der Waals surface area contributed by atoms with Crippen LogP contribution in [0.5, 0.6) is 0 Å². The molecule has 4 nitrogen and oxygen atoms in total. The summed E-state index contributed by atoms with van der Waals surface area (Å²) in [6.07, 6.45) is 4.30. The van der Waals surface area contributed by atoms with E-state index in [0.29, 0.717) is 5.92 Å². The van der Waals surface area contributed by atoms with Crippen LogP contribution in [-0.2, 0) is 12.3 Å². The normalized spacial score (nSPS) is 14.5. The molecule has 1 fully saturated rings. The zero-order valence-electron chi connectivity index (χ0n) is 12.9. The van der Waals surface area contributed by atoms with E-state index in [2.05, 4.69) is 32.7 Å². The second-order valence-corrected chi connectivity index (χ2v) is 7.10. The molecule has 4 rings (SSSR count). The summed E-state index contributed by atoms with van der Waals surface area (Å²) in [5.74, 6) is 2.58. The van der Waals surface area contributed by atoms with Crippen LogP contribution in [0.2, 0.25) is 5.02 Å². The van der Waals surface area contributed by atoms with E-state index in [1.807, 2.05) is 24.4 Å². The van der Waals surface area contributed by atoms with E-state index in [0.717, 1.165) is 39.2 Å². The Labute approximate surface area is 144 Å². The molecule has 0 amide bonds. The highest BCUT2D eigenvalue weighted by molar-refractivity contribution is 7.98. The fourth-order valence-corrected chi connectivity index (χ4v) is 4.01. The number of halogens is 1. The third kappa shape index (κ3) is 2.83. The molecule has 0 atom stereocenters. The summed E-state index contributed by atoms with van der Waals surface area (Å²) in [5, 5.41) is 11.5. The van der Waals surface area contributed by atoms with Gasteiger partial charge < -0.3 is 4.57 Å². The Morgan fingerprint density at radius 2 is 2.13 bits per heavy atom. The molecule has 1 aliphatic carbocycles. The molecule has 1 aliphatic rings. The molecule has 0 aliphatic heterocycles. The number of nitrogens with zero attached hydrogens (tertiary/aromatic N) is 4. The van der Waals surface area contributed by atoms with E-state index in [-0.39, 0.29) is 0 Å². The molecule has 0 saturated heterocycles. The quantitative estimate of drug-likeness (QED) is 0.631. The lowest BCUT2D eigenvalue weighted by atomic mass is 10.1. The molecule has 118 valence electrons. The van der Waals surface area contributed by atoms with Crippen LogP contribution in [0.15, 0.2) is 35.6 Å². The minimum atomic E-state index is 0.620. The molecule has 0 N–H and O–H groups in total. The van der Waals surface area contributed by atoms with Gasteiger partial charge in [-0.1, -0.05) is 29.4 Å². The van der Waals surface area contributed by atoms with Crippen molar-refractivity contribution in [2.24, 2.45) is 0 Å². The van der Waals surface area contributed by atoms with Gasteiger partial charge in [-0.3, -0.25) is 4.98 Å². The van der Waals surface area contributed by atoms with Crippen molar-refractivity contribution < 1.29 is 0 Å². The third-order valence-electron chi connectivity index (χ3n) is 4.16. The van der Waals surface area contributed by atoms with Crippen LogP contribution in [0.3, 0.4) is 0 Å². The van der Waals surface area contributed by atoms with Gasteiger partial charge in [-0.2, -0.15) is 0 Å². The smallest absolute Gasteiger partial charge is 0.191 e. The Hall–Kier alpha value is -1.59. The van der Waals surface area contributed by atoms with Crippen LogP contribution >= 0.6 is 23.4 Å². The predicted molar refractivity (Wildman–Crippen MR) is 94.0 cm³/mol. The number of hydrogen-bond donors (Lipinski definition) is 0. The monoisotopic (exact) mass is 344 g/mol. The van der Waals surface area contributed by atoms with E-state index in [1.165, 1.54) is 18.4 Å². The Morgan fingerprint density at radius 1 is 1.26 bits per heavy atom. The summed E-state index contributed by atoms with van der Waals surface area (Å²) in [5.41, 5.74) is 2.14. The van der Waals surface area contributed by atoms with E-state index < -0.39 is 0 Å². The van der Waals surface area contributed by atoms with Crippen molar-refractivity contribution in [3.63, 3.8) is 0 Å². The fourth-order valence-electron chi connectivity index (χ4n) is 2.80. The molecular weight excluding hydrogens is 328 g/mol. The molecule has 0 spiro atoms. The van der Waals surface area contributed by atoms with Crippen LogP contribution in [0.4, 0.5) is 0 Å². The summed E-state index contributed by atoms with van der Waals surface area (Å²) in [7, 11) is 0. The second kappa shape index (κ2) is 6.13. The zero-order chi connectivity index (χ0) is 15.8. The molecular formula is C17H17ClN4S.